The van der Waals surface area contributed by atoms with Crippen LogP contribution < -0.4 is 0 Å². The highest BCUT2D eigenvalue weighted by Gasteiger charge is 2.06. The lowest BCUT2D eigenvalue weighted by Crippen LogP contribution is -2.13. The zero-order chi connectivity index (χ0) is 48.9. The summed E-state index contributed by atoms with van der Waals surface area (Å²) in [6.07, 6.45) is 60.7. The van der Waals surface area contributed by atoms with E-state index in [0.29, 0.717) is 19.3 Å². The molecule has 0 atom stereocenters. The molecule has 0 aliphatic rings. The van der Waals surface area contributed by atoms with E-state index in [-0.39, 0.29) is 38.4 Å². The molecule has 0 heterocycles. The molecule has 396 valence electrons. The van der Waals surface area contributed by atoms with Gasteiger partial charge in [-0.25, -0.2) is 0 Å². The number of carboxylic acid groups (broad SMARTS) is 1. The van der Waals surface area contributed by atoms with Crippen LogP contribution in [0.15, 0.2) is 0 Å². The summed E-state index contributed by atoms with van der Waals surface area (Å²) < 4.78 is 10.5. The highest BCUT2D eigenvalue weighted by Crippen LogP contribution is 2.17. The molecule has 66 heavy (non-hydrogen) atoms. The van der Waals surface area contributed by atoms with Crippen molar-refractivity contribution in [2.45, 2.75) is 329 Å². The van der Waals surface area contributed by atoms with Crippen LogP contribution in [0.4, 0.5) is 0 Å². The van der Waals surface area contributed by atoms with Crippen molar-refractivity contribution in [1.82, 2.24) is 0 Å². The molecule has 0 aromatic carbocycles. The number of carboxylic acids is 1. The van der Waals surface area contributed by atoms with Gasteiger partial charge >= 0.3 is 17.9 Å². The zero-order valence-corrected chi connectivity index (χ0v) is 44.7. The predicted octanol–water partition coefficient (Wildman–Crippen LogP) is 17.9. The lowest BCUT2D eigenvalue weighted by Gasteiger charge is -2.07. The van der Waals surface area contributed by atoms with Gasteiger partial charge in [0.25, 0.3) is 0 Å². The van der Waals surface area contributed by atoms with Crippen LogP contribution in [0.5, 0.6) is 0 Å². The van der Waals surface area contributed by atoms with Gasteiger partial charge in [0.1, 0.15) is 13.2 Å². The topological polar surface area (TPSA) is 130 Å². The average Bonchev–Trinajstić information content (AvgIpc) is 3.31. The molecule has 0 aromatic heterocycles. The zero-order valence-electron chi connectivity index (χ0n) is 44.7. The summed E-state index contributed by atoms with van der Waals surface area (Å²) in [7, 11) is 0. The Kier molecular flexibility index (Phi) is 68.0. The number of hydrogen-bond acceptors (Lipinski definition) is 7. The Morgan fingerprint density at radius 2 is 0.439 bits per heavy atom. The Bertz CT molecular complexity index is 862. The smallest absolute Gasteiger partial charge is 0.305 e. The molecule has 0 aliphatic carbocycles. The van der Waals surface area contributed by atoms with Gasteiger partial charge in [-0.3, -0.25) is 14.4 Å². The second kappa shape index (κ2) is 65.4. The first-order valence-corrected chi connectivity index (χ1v) is 29.1. The van der Waals surface area contributed by atoms with Gasteiger partial charge in [0.05, 0.1) is 13.2 Å². The summed E-state index contributed by atoms with van der Waals surface area (Å²) >= 11 is 0. The van der Waals surface area contributed by atoms with Gasteiger partial charge in [-0.2, -0.15) is 0 Å². The molecular formula is C58H116O8. The molecule has 0 bridgehead atoms. The molecule has 0 saturated carbocycles. The molecule has 0 fully saturated rings. The number of unbranched alkanes of at least 4 members (excludes halogenated alkanes) is 42. The predicted molar refractivity (Wildman–Crippen MR) is 282 cm³/mol. The molecule has 0 amide bonds. The lowest BCUT2D eigenvalue weighted by atomic mass is 10.0. The Morgan fingerprint density at radius 3 is 0.606 bits per heavy atom. The number of aliphatic carboxylic acids is 1. The number of rotatable bonds is 52. The van der Waals surface area contributed by atoms with Crippen molar-refractivity contribution < 1.29 is 39.2 Å². The average molecular weight is 942 g/mol. The number of carbonyl (C=O) groups is 3. The van der Waals surface area contributed by atoms with Crippen LogP contribution in [0, 0.1) is 0 Å². The maximum Gasteiger partial charge on any atom is 0.305 e. The van der Waals surface area contributed by atoms with E-state index >= 15 is 0 Å². The quantitative estimate of drug-likeness (QED) is 0.0406. The molecule has 8 heteroatoms. The van der Waals surface area contributed by atoms with Gasteiger partial charge in [0, 0.05) is 19.3 Å². The van der Waals surface area contributed by atoms with E-state index in [1.54, 1.807) is 0 Å². The second-order valence-electron chi connectivity index (χ2n) is 19.4. The van der Waals surface area contributed by atoms with E-state index in [2.05, 4.69) is 20.8 Å². The van der Waals surface area contributed by atoms with Gasteiger partial charge in [-0.05, 0) is 19.3 Å². The molecule has 0 rings (SSSR count). The largest absolute Gasteiger partial charge is 0.481 e. The number of hydrogen-bond donors (Lipinski definition) is 3. The second-order valence-corrected chi connectivity index (χ2v) is 19.4. The number of carbonyl (C=O) groups excluding carboxylic acids is 2. The molecule has 0 aromatic rings. The molecule has 0 radical (unpaired) electrons. The molecule has 0 spiro atoms. The first kappa shape index (κ1) is 68.6. The lowest BCUT2D eigenvalue weighted by molar-refractivity contribution is -0.152. The first-order chi connectivity index (χ1) is 32.4. The van der Waals surface area contributed by atoms with Crippen LogP contribution in [0.3, 0.4) is 0 Å². The fourth-order valence-electron chi connectivity index (χ4n) is 8.38. The Hall–Kier alpha value is -1.67. The summed E-state index contributed by atoms with van der Waals surface area (Å²) in [5.74, 6) is -0.981. The van der Waals surface area contributed by atoms with Crippen molar-refractivity contribution in [1.29, 1.82) is 0 Å². The van der Waals surface area contributed by atoms with Crippen molar-refractivity contribution in [2.75, 3.05) is 26.4 Å². The molecule has 0 saturated heterocycles. The van der Waals surface area contributed by atoms with Crippen LogP contribution in [0.1, 0.15) is 329 Å². The van der Waals surface area contributed by atoms with Crippen LogP contribution >= 0.6 is 0 Å². The highest BCUT2D eigenvalue weighted by molar-refractivity contribution is 5.70. The Labute approximate surface area is 411 Å². The SMILES string of the molecule is CCCCCCCCCCCCCCCCCC(=O)O.CCCCCCCCCCCCCCCCCC(=O)OCCOC(=O)CCCCCCCCCCCCCCCCC.OCCO. The van der Waals surface area contributed by atoms with E-state index < -0.39 is 5.97 Å². The van der Waals surface area contributed by atoms with E-state index in [1.807, 2.05) is 0 Å². The fourth-order valence-corrected chi connectivity index (χ4v) is 8.38. The summed E-state index contributed by atoms with van der Waals surface area (Å²) in [4.78, 5) is 34.1. The monoisotopic (exact) mass is 941 g/mol. The van der Waals surface area contributed by atoms with Crippen molar-refractivity contribution in [3.05, 3.63) is 0 Å². The maximum atomic E-state index is 11.9. The highest BCUT2D eigenvalue weighted by atomic mass is 16.6. The van der Waals surface area contributed by atoms with Gasteiger partial charge in [-0.15, -0.1) is 0 Å². The maximum absolute atomic E-state index is 11.9. The van der Waals surface area contributed by atoms with Gasteiger partial charge < -0.3 is 24.8 Å². The van der Waals surface area contributed by atoms with Gasteiger partial charge in [0.2, 0.25) is 0 Å². The normalized spacial score (nSPS) is 10.9. The minimum Gasteiger partial charge on any atom is -0.481 e. The summed E-state index contributed by atoms with van der Waals surface area (Å²) in [5, 5.41) is 23.8. The van der Waals surface area contributed by atoms with Crippen LogP contribution in [0.2, 0.25) is 0 Å². The molecule has 0 aliphatic heterocycles. The van der Waals surface area contributed by atoms with E-state index in [0.717, 1.165) is 38.5 Å². The van der Waals surface area contributed by atoms with Crippen LogP contribution in [0.25, 0.3) is 0 Å². The summed E-state index contributed by atoms with van der Waals surface area (Å²) in [6.45, 7) is 6.94. The summed E-state index contributed by atoms with van der Waals surface area (Å²) in [6, 6.07) is 0. The number of aliphatic hydroxyl groups excluding tert-OH is 2. The van der Waals surface area contributed by atoms with E-state index in [1.165, 1.54) is 250 Å². The van der Waals surface area contributed by atoms with Crippen molar-refractivity contribution in [3.63, 3.8) is 0 Å². The third kappa shape index (κ3) is 71.3. The third-order valence-electron chi connectivity index (χ3n) is 12.7. The minimum absolute atomic E-state index is 0.125. The van der Waals surface area contributed by atoms with Crippen molar-refractivity contribution in [2.24, 2.45) is 0 Å². The summed E-state index contributed by atoms with van der Waals surface area (Å²) in [5.41, 5.74) is 0. The number of aliphatic hydroxyl groups is 2. The Balaban J connectivity index is -0.00000137. The van der Waals surface area contributed by atoms with Crippen molar-refractivity contribution >= 4 is 17.9 Å². The Morgan fingerprint density at radius 1 is 0.273 bits per heavy atom. The molecule has 0 unspecified atom stereocenters. The standard InChI is InChI=1S/C38H74O4.C18H36O2.C2H6O2/c1-3-5-7-9-11-13-15-17-19-21-23-25-27-29-31-33-37(39)41-35-36-42-38(40)34-32-30-28-26-24-22-20-18-16-14-12-10-8-6-4-2;1-2-3-4-5-6-7-8-9-10-11-12-13-14-15-16-17-18(19)20;3-1-2-4/h3-36H2,1-2H3;2-17H2,1H3,(H,19,20);3-4H,1-2H2. The third-order valence-corrected chi connectivity index (χ3v) is 12.7. The van der Waals surface area contributed by atoms with Gasteiger partial charge in [0.15, 0.2) is 0 Å². The van der Waals surface area contributed by atoms with Crippen molar-refractivity contribution in [3.8, 4) is 0 Å². The molecule has 8 nitrogen and oxygen atoms in total. The fraction of sp³-hybridized carbons (Fsp3) is 0.948. The molecule has 3 N–H and O–H groups in total. The first-order valence-electron chi connectivity index (χ1n) is 29.1. The minimum atomic E-state index is -0.653. The molecular weight excluding hydrogens is 825 g/mol. The van der Waals surface area contributed by atoms with E-state index in [9.17, 15) is 14.4 Å². The number of ether oxygens (including phenoxy) is 2. The van der Waals surface area contributed by atoms with Gasteiger partial charge in [-0.1, -0.05) is 290 Å². The van der Waals surface area contributed by atoms with Crippen LogP contribution in [-0.4, -0.2) is 59.7 Å². The van der Waals surface area contributed by atoms with E-state index in [4.69, 9.17) is 24.8 Å². The van der Waals surface area contributed by atoms with Crippen LogP contribution in [-0.2, 0) is 23.9 Å². The number of esters is 2.